The number of pyridine rings is 2. The van der Waals surface area contributed by atoms with Crippen LogP contribution in [0.2, 0.25) is 0 Å². The van der Waals surface area contributed by atoms with E-state index in [1.54, 1.807) is 6.20 Å². The first-order valence-electron chi connectivity index (χ1n) is 11.7. The molecule has 5 heterocycles. The van der Waals surface area contributed by atoms with Gasteiger partial charge < -0.3 is 25.8 Å². The molecule has 0 bridgehead atoms. The number of nitrogens with one attached hydrogen (secondary N) is 4. The number of nitrogens with zero attached hydrogens (tertiary/aromatic N) is 3. The van der Waals surface area contributed by atoms with Crippen molar-refractivity contribution in [1.82, 2.24) is 25.6 Å². The van der Waals surface area contributed by atoms with Crippen LogP contribution in [0.1, 0.15) is 28.8 Å². The van der Waals surface area contributed by atoms with Crippen LogP contribution in [0.5, 0.6) is 0 Å². The summed E-state index contributed by atoms with van der Waals surface area (Å²) in [6.07, 6.45) is 7.87. The second-order valence-corrected chi connectivity index (χ2v) is 8.87. The quantitative estimate of drug-likeness (QED) is 0.367. The molecule has 0 radical (unpaired) electrons. The van der Waals surface area contributed by atoms with Gasteiger partial charge in [0.15, 0.2) is 0 Å². The Morgan fingerprint density at radius 1 is 1.03 bits per heavy atom. The maximum Gasteiger partial charge on any atom is 0.254 e. The number of H-pyrrole nitrogens is 1. The molecule has 0 unspecified atom stereocenters. The van der Waals surface area contributed by atoms with Crippen molar-refractivity contribution in [3.8, 4) is 11.1 Å². The van der Waals surface area contributed by atoms with Crippen LogP contribution >= 0.6 is 0 Å². The van der Waals surface area contributed by atoms with Gasteiger partial charge in [-0.05, 0) is 66.9 Å². The van der Waals surface area contributed by atoms with Crippen LogP contribution < -0.4 is 20.9 Å². The molecule has 4 N–H and O–H groups in total. The summed E-state index contributed by atoms with van der Waals surface area (Å²) in [4.78, 5) is 27.4. The Labute approximate surface area is 197 Å². The molecule has 1 fully saturated rings. The Morgan fingerprint density at radius 2 is 1.91 bits per heavy atom. The van der Waals surface area contributed by atoms with Gasteiger partial charge in [-0.2, -0.15) is 0 Å². The third-order valence-corrected chi connectivity index (χ3v) is 6.99. The second-order valence-electron chi connectivity index (χ2n) is 8.87. The molecule has 1 amide bonds. The molecule has 2 aliphatic rings. The summed E-state index contributed by atoms with van der Waals surface area (Å²) in [5, 5.41) is 10.8. The summed E-state index contributed by atoms with van der Waals surface area (Å²) >= 11 is 0. The first-order chi connectivity index (χ1) is 16.7. The molecule has 0 spiro atoms. The highest BCUT2D eigenvalue weighted by atomic mass is 16.1. The Bertz CT molecular complexity index is 1350. The van der Waals surface area contributed by atoms with Gasteiger partial charge in [-0.3, -0.25) is 4.79 Å². The molecule has 4 aromatic rings. The topological polar surface area (TPSA) is 98.0 Å². The van der Waals surface area contributed by atoms with E-state index >= 15 is 0 Å². The number of hydrogen-bond donors (Lipinski definition) is 4. The van der Waals surface area contributed by atoms with Crippen molar-refractivity contribution >= 4 is 34.1 Å². The van der Waals surface area contributed by atoms with Gasteiger partial charge in [0.1, 0.15) is 11.5 Å². The van der Waals surface area contributed by atoms with Crippen LogP contribution in [-0.2, 0) is 6.54 Å². The minimum absolute atomic E-state index is 0.0669. The minimum Gasteiger partial charge on any atom is -0.370 e. The van der Waals surface area contributed by atoms with Crippen molar-refractivity contribution in [2.45, 2.75) is 25.4 Å². The number of anilines is 3. The van der Waals surface area contributed by atoms with Crippen molar-refractivity contribution in [3.63, 3.8) is 0 Å². The molecular formula is C26H27N7O. The largest absolute Gasteiger partial charge is 0.370 e. The smallest absolute Gasteiger partial charge is 0.254 e. The maximum absolute atomic E-state index is 12.8. The van der Waals surface area contributed by atoms with E-state index in [1.165, 1.54) is 0 Å². The van der Waals surface area contributed by atoms with Crippen LogP contribution in [0.25, 0.3) is 22.2 Å². The van der Waals surface area contributed by atoms with E-state index in [0.717, 1.165) is 70.8 Å². The summed E-state index contributed by atoms with van der Waals surface area (Å²) in [5.74, 6) is 0.656. The zero-order valence-electron chi connectivity index (χ0n) is 19.1. The first kappa shape index (κ1) is 20.7. The van der Waals surface area contributed by atoms with Gasteiger partial charge in [0, 0.05) is 43.5 Å². The number of aromatic nitrogens is 3. The Kier molecular flexibility index (Phi) is 5.15. The predicted molar refractivity (Wildman–Crippen MR) is 135 cm³/mol. The number of carbonyl (C=O) groups excluding carboxylic acids is 1. The SMILES string of the molecule is CNC1CCN(c2ccc(Nc3ccc(-c4ccnc5[nH]ccc45)c4c3C(=O)NC4)nc2)CC1. The number of fused-ring (bicyclic) bond motifs is 2. The molecule has 6 rings (SSSR count). The van der Waals surface area contributed by atoms with E-state index in [9.17, 15) is 4.79 Å². The molecule has 1 saturated heterocycles. The maximum atomic E-state index is 12.8. The summed E-state index contributed by atoms with van der Waals surface area (Å²) < 4.78 is 0. The van der Waals surface area contributed by atoms with Crippen LogP contribution in [-0.4, -0.2) is 47.0 Å². The number of amides is 1. The van der Waals surface area contributed by atoms with Crippen LogP contribution in [0, 0.1) is 0 Å². The lowest BCUT2D eigenvalue weighted by molar-refractivity contribution is 0.0966. The number of piperidine rings is 1. The molecule has 8 heteroatoms. The Balaban J connectivity index is 1.28. The fourth-order valence-corrected chi connectivity index (χ4v) is 5.11. The fourth-order valence-electron chi connectivity index (χ4n) is 5.11. The van der Waals surface area contributed by atoms with E-state index in [-0.39, 0.29) is 5.91 Å². The van der Waals surface area contributed by atoms with Crippen molar-refractivity contribution in [2.24, 2.45) is 0 Å². The second kappa shape index (κ2) is 8.46. The fraction of sp³-hybridized carbons (Fsp3) is 0.269. The predicted octanol–water partition coefficient (Wildman–Crippen LogP) is 3.80. The molecule has 172 valence electrons. The van der Waals surface area contributed by atoms with Gasteiger partial charge in [0.05, 0.1) is 23.1 Å². The van der Waals surface area contributed by atoms with Gasteiger partial charge in [-0.15, -0.1) is 0 Å². The average molecular weight is 454 g/mol. The van der Waals surface area contributed by atoms with Crippen molar-refractivity contribution in [1.29, 1.82) is 0 Å². The summed E-state index contributed by atoms with van der Waals surface area (Å²) in [7, 11) is 2.03. The lowest BCUT2D eigenvalue weighted by Gasteiger charge is -2.33. The highest BCUT2D eigenvalue weighted by molar-refractivity contribution is 6.07. The highest BCUT2D eigenvalue weighted by Gasteiger charge is 2.27. The van der Waals surface area contributed by atoms with Crippen LogP contribution in [0.15, 0.2) is 55.0 Å². The van der Waals surface area contributed by atoms with Gasteiger partial charge >= 0.3 is 0 Å². The third kappa shape index (κ3) is 3.56. The average Bonchev–Trinajstić information content (AvgIpc) is 3.52. The molecule has 0 saturated carbocycles. The monoisotopic (exact) mass is 453 g/mol. The zero-order chi connectivity index (χ0) is 23.1. The molecule has 0 atom stereocenters. The summed E-state index contributed by atoms with van der Waals surface area (Å²) in [6, 6.07) is 12.7. The molecule has 2 aliphatic heterocycles. The van der Waals surface area contributed by atoms with Crippen molar-refractivity contribution in [3.05, 3.63) is 66.1 Å². The van der Waals surface area contributed by atoms with E-state index in [2.05, 4.69) is 47.9 Å². The molecule has 0 aliphatic carbocycles. The van der Waals surface area contributed by atoms with Gasteiger partial charge in [-0.1, -0.05) is 6.07 Å². The summed E-state index contributed by atoms with van der Waals surface area (Å²) in [6.45, 7) is 2.55. The third-order valence-electron chi connectivity index (χ3n) is 6.99. The molecular weight excluding hydrogens is 426 g/mol. The number of rotatable bonds is 5. The van der Waals surface area contributed by atoms with Crippen molar-refractivity contribution in [2.75, 3.05) is 30.4 Å². The van der Waals surface area contributed by atoms with E-state index in [1.807, 2.05) is 43.7 Å². The standard InChI is InChI=1S/C26H27N7O/c1-27-16-8-12-33(13-9-16)17-2-5-23(30-14-17)32-22-4-3-18(21-15-31-26(34)24(21)22)19-6-10-28-25-20(19)7-11-29-25/h2-7,10-11,14,16,27H,8-9,12-13,15H2,1H3,(H,28,29)(H,30,32)(H,31,34). The molecule has 34 heavy (non-hydrogen) atoms. The number of benzene rings is 1. The first-order valence-corrected chi connectivity index (χ1v) is 11.7. The van der Waals surface area contributed by atoms with Gasteiger partial charge in [-0.25, -0.2) is 9.97 Å². The minimum atomic E-state index is -0.0669. The number of carbonyl (C=O) groups is 1. The van der Waals surface area contributed by atoms with Gasteiger partial charge in [0.25, 0.3) is 5.91 Å². The molecule has 3 aromatic heterocycles. The molecule has 1 aromatic carbocycles. The van der Waals surface area contributed by atoms with E-state index in [0.29, 0.717) is 18.2 Å². The van der Waals surface area contributed by atoms with E-state index in [4.69, 9.17) is 0 Å². The van der Waals surface area contributed by atoms with Crippen molar-refractivity contribution < 1.29 is 4.79 Å². The highest BCUT2D eigenvalue weighted by Crippen LogP contribution is 2.37. The van der Waals surface area contributed by atoms with E-state index < -0.39 is 0 Å². The van der Waals surface area contributed by atoms with Crippen LogP contribution in [0.4, 0.5) is 17.2 Å². The number of aromatic amines is 1. The summed E-state index contributed by atoms with van der Waals surface area (Å²) in [5.41, 5.74) is 6.51. The van der Waals surface area contributed by atoms with Crippen LogP contribution in [0.3, 0.4) is 0 Å². The zero-order valence-corrected chi connectivity index (χ0v) is 19.1. The Hall–Kier alpha value is -3.91. The molecule has 8 nitrogen and oxygen atoms in total. The van der Waals surface area contributed by atoms with Gasteiger partial charge in [0.2, 0.25) is 0 Å². The normalized spacial score (nSPS) is 16.0. The lowest BCUT2D eigenvalue weighted by Crippen LogP contribution is -2.41. The Morgan fingerprint density at radius 3 is 2.71 bits per heavy atom. The number of hydrogen-bond acceptors (Lipinski definition) is 6. The lowest BCUT2D eigenvalue weighted by atomic mass is 9.94.